The van der Waals surface area contributed by atoms with Gasteiger partial charge in [0.1, 0.15) is 0 Å². The van der Waals surface area contributed by atoms with E-state index in [4.69, 9.17) is 9.47 Å². The van der Waals surface area contributed by atoms with Crippen molar-refractivity contribution in [1.29, 1.82) is 0 Å². The first-order valence-corrected chi connectivity index (χ1v) is 7.99. The molecule has 2 aromatic rings. The smallest absolute Gasteiger partial charge is 0.280 e. The van der Waals surface area contributed by atoms with Gasteiger partial charge in [-0.25, -0.2) is 0 Å². The number of allylic oxidation sites excluding steroid dienone is 1. The number of rotatable bonds is 6. The number of carbonyl (C=O) groups excluding carboxylic acids is 1. The number of carbonyl (C=O) groups is 1. The third-order valence-electron chi connectivity index (χ3n) is 4.25. The normalized spacial score (nSPS) is 10.8. The van der Waals surface area contributed by atoms with Crippen LogP contribution in [0.3, 0.4) is 0 Å². The third-order valence-corrected chi connectivity index (χ3v) is 4.25. The van der Waals surface area contributed by atoms with E-state index in [1.54, 1.807) is 0 Å². The van der Waals surface area contributed by atoms with E-state index in [1.807, 2.05) is 32.9 Å². The van der Waals surface area contributed by atoms with Gasteiger partial charge in [-0.05, 0) is 61.7 Å². The molecule has 2 aromatic carbocycles. The summed E-state index contributed by atoms with van der Waals surface area (Å²) in [5, 5.41) is 11.3. The average Bonchev–Trinajstić information content (AvgIpc) is 2.61. The Kier molecular flexibility index (Phi) is 5.77. The predicted molar refractivity (Wildman–Crippen MR) is 100 cm³/mol. The van der Waals surface area contributed by atoms with Gasteiger partial charge in [-0.15, -0.1) is 0 Å². The van der Waals surface area contributed by atoms with Gasteiger partial charge >= 0.3 is 0 Å². The Bertz CT molecular complexity index is 900. The van der Waals surface area contributed by atoms with Crippen LogP contribution in [-0.4, -0.2) is 24.9 Å². The van der Waals surface area contributed by atoms with Crippen LogP contribution in [0.5, 0.6) is 11.5 Å². The largest absolute Gasteiger partial charge is 0.493 e. The number of nitro groups is 1. The van der Waals surface area contributed by atoms with Crippen molar-refractivity contribution >= 4 is 17.5 Å². The maximum absolute atomic E-state index is 12.5. The molecule has 0 aliphatic heterocycles. The summed E-state index contributed by atoms with van der Waals surface area (Å²) >= 11 is 0. The predicted octanol–water partition coefficient (Wildman–Crippen LogP) is 4.43. The standard InChI is InChI=1S/C20H21NO5/c1-12-8-14(3)16(9-13(12)2)18(22)7-6-15-10-19(25-4)20(26-5)11-17(15)21(23)24/h6-11H,1-5H3/b7-6+. The molecule has 6 heteroatoms. The van der Waals surface area contributed by atoms with Crippen LogP contribution in [0, 0.1) is 30.9 Å². The van der Waals surface area contributed by atoms with Crippen LogP contribution in [0.15, 0.2) is 30.3 Å². The van der Waals surface area contributed by atoms with Crippen LogP contribution >= 0.6 is 0 Å². The Morgan fingerprint density at radius 1 is 0.962 bits per heavy atom. The molecule has 136 valence electrons. The monoisotopic (exact) mass is 355 g/mol. The van der Waals surface area contributed by atoms with E-state index in [-0.39, 0.29) is 22.8 Å². The lowest BCUT2D eigenvalue weighted by molar-refractivity contribution is -0.385. The fourth-order valence-electron chi connectivity index (χ4n) is 2.66. The van der Waals surface area contributed by atoms with E-state index >= 15 is 0 Å². The number of nitro benzene ring substituents is 1. The number of methoxy groups -OCH3 is 2. The average molecular weight is 355 g/mol. The number of benzene rings is 2. The lowest BCUT2D eigenvalue weighted by Crippen LogP contribution is -2.01. The Labute approximate surface area is 152 Å². The van der Waals surface area contributed by atoms with Crippen molar-refractivity contribution < 1.29 is 19.2 Å². The van der Waals surface area contributed by atoms with Crippen molar-refractivity contribution in [2.45, 2.75) is 20.8 Å². The zero-order valence-corrected chi connectivity index (χ0v) is 15.5. The second kappa shape index (κ2) is 7.82. The summed E-state index contributed by atoms with van der Waals surface area (Å²) in [4.78, 5) is 23.4. The van der Waals surface area contributed by atoms with Crippen LogP contribution in [0.2, 0.25) is 0 Å². The highest BCUT2D eigenvalue weighted by atomic mass is 16.6. The molecule has 0 fully saturated rings. The van der Waals surface area contributed by atoms with Crippen molar-refractivity contribution in [3.05, 3.63) is 68.3 Å². The molecule has 0 bridgehead atoms. The van der Waals surface area contributed by atoms with Crippen LogP contribution in [0.4, 0.5) is 5.69 Å². The molecular weight excluding hydrogens is 334 g/mol. The Morgan fingerprint density at radius 3 is 2.12 bits per heavy atom. The second-order valence-electron chi connectivity index (χ2n) is 5.97. The fraction of sp³-hybridized carbons (Fsp3) is 0.250. The van der Waals surface area contributed by atoms with Gasteiger partial charge in [0.15, 0.2) is 17.3 Å². The molecule has 2 rings (SSSR count). The summed E-state index contributed by atoms with van der Waals surface area (Å²) in [6.07, 6.45) is 2.77. The number of ketones is 1. The molecule has 0 heterocycles. The molecular formula is C20H21NO5. The zero-order chi connectivity index (χ0) is 19.4. The lowest BCUT2D eigenvalue weighted by atomic mass is 9.97. The van der Waals surface area contributed by atoms with Gasteiger partial charge in [0.05, 0.1) is 30.8 Å². The van der Waals surface area contributed by atoms with Crippen LogP contribution < -0.4 is 9.47 Å². The topological polar surface area (TPSA) is 78.7 Å². The highest BCUT2D eigenvalue weighted by Gasteiger charge is 2.18. The van der Waals surface area contributed by atoms with E-state index in [1.165, 1.54) is 38.5 Å². The van der Waals surface area contributed by atoms with Crippen molar-refractivity contribution in [3.8, 4) is 11.5 Å². The molecule has 0 amide bonds. The van der Waals surface area contributed by atoms with Gasteiger partial charge in [-0.3, -0.25) is 14.9 Å². The number of hydrogen-bond donors (Lipinski definition) is 0. The first-order valence-electron chi connectivity index (χ1n) is 7.99. The maximum Gasteiger partial charge on any atom is 0.280 e. The quantitative estimate of drug-likeness (QED) is 0.331. The molecule has 0 atom stereocenters. The van der Waals surface area contributed by atoms with E-state index in [0.717, 1.165) is 16.7 Å². The second-order valence-corrected chi connectivity index (χ2v) is 5.97. The van der Waals surface area contributed by atoms with Crippen molar-refractivity contribution in [1.82, 2.24) is 0 Å². The van der Waals surface area contributed by atoms with Gasteiger partial charge < -0.3 is 9.47 Å². The highest BCUT2D eigenvalue weighted by molar-refractivity contribution is 6.08. The van der Waals surface area contributed by atoms with E-state index < -0.39 is 4.92 Å². The minimum Gasteiger partial charge on any atom is -0.493 e. The summed E-state index contributed by atoms with van der Waals surface area (Å²) in [5.41, 5.74) is 3.67. The summed E-state index contributed by atoms with van der Waals surface area (Å²) in [6, 6.07) is 6.55. The van der Waals surface area contributed by atoms with Gasteiger partial charge in [0.2, 0.25) is 0 Å². The molecule has 6 nitrogen and oxygen atoms in total. The van der Waals surface area contributed by atoms with E-state index in [0.29, 0.717) is 11.3 Å². The minimum atomic E-state index is -0.520. The summed E-state index contributed by atoms with van der Waals surface area (Å²) < 4.78 is 10.3. The summed E-state index contributed by atoms with van der Waals surface area (Å²) in [7, 11) is 2.85. The molecule has 0 unspecified atom stereocenters. The molecule has 0 saturated carbocycles. The molecule has 0 aromatic heterocycles. The zero-order valence-electron chi connectivity index (χ0n) is 15.5. The first kappa shape index (κ1) is 19.2. The van der Waals surface area contributed by atoms with Crippen molar-refractivity contribution in [2.75, 3.05) is 14.2 Å². The Morgan fingerprint density at radius 2 is 1.54 bits per heavy atom. The number of nitrogens with zero attached hydrogens (tertiary/aromatic N) is 1. The molecule has 0 saturated heterocycles. The van der Waals surface area contributed by atoms with Crippen LogP contribution in [0.25, 0.3) is 6.08 Å². The van der Waals surface area contributed by atoms with Gasteiger partial charge in [0.25, 0.3) is 5.69 Å². The lowest BCUT2D eigenvalue weighted by Gasteiger charge is -2.09. The minimum absolute atomic E-state index is 0.163. The summed E-state index contributed by atoms with van der Waals surface area (Å²) in [5.74, 6) is 0.398. The van der Waals surface area contributed by atoms with Gasteiger partial charge in [0, 0.05) is 5.56 Å². The number of aryl methyl sites for hydroxylation is 3. The molecule has 0 radical (unpaired) electrons. The van der Waals surface area contributed by atoms with Gasteiger partial charge in [-0.2, -0.15) is 0 Å². The van der Waals surface area contributed by atoms with Crippen LogP contribution in [-0.2, 0) is 0 Å². The van der Waals surface area contributed by atoms with Crippen molar-refractivity contribution in [2.24, 2.45) is 0 Å². The third kappa shape index (κ3) is 3.91. The molecule has 0 N–H and O–H groups in total. The maximum atomic E-state index is 12.5. The molecule has 0 aliphatic rings. The SMILES string of the molecule is COc1cc(/C=C/C(=O)c2cc(C)c(C)cc2C)c([N+](=O)[O-])cc1OC. The highest BCUT2D eigenvalue weighted by Crippen LogP contribution is 2.35. The number of ether oxygens (including phenoxy) is 2. The van der Waals surface area contributed by atoms with E-state index in [9.17, 15) is 14.9 Å². The van der Waals surface area contributed by atoms with Crippen molar-refractivity contribution in [3.63, 3.8) is 0 Å². The van der Waals surface area contributed by atoms with E-state index in [2.05, 4.69) is 0 Å². The first-order chi connectivity index (χ1) is 12.3. The fourth-order valence-corrected chi connectivity index (χ4v) is 2.66. The van der Waals surface area contributed by atoms with Gasteiger partial charge in [-0.1, -0.05) is 6.07 Å². The Balaban J connectivity index is 2.45. The Hall–Kier alpha value is -3.15. The summed E-state index contributed by atoms with van der Waals surface area (Å²) in [6.45, 7) is 5.79. The van der Waals surface area contributed by atoms with Crippen LogP contribution in [0.1, 0.15) is 32.6 Å². The molecule has 26 heavy (non-hydrogen) atoms. The molecule has 0 aliphatic carbocycles. The number of hydrogen-bond acceptors (Lipinski definition) is 5. The molecule has 0 spiro atoms.